The Bertz CT molecular complexity index is 401. The van der Waals surface area contributed by atoms with E-state index in [0.29, 0.717) is 6.61 Å². The molecule has 2 nitrogen and oxygen atoms in total. The van der Waals surface area contributed by atoms with Gasteiger partial charge in [0, 0.05) is 5.33 Å². The van der Waals surface area contributed by atoms with Gasteiger partial charge in [0.15, 0.2) is 0 Å². The molecule has 0 N–H and O–H groups in total. The van der Waals surface area contributed by atoms with Crippen molar-refractivity contribution in [1.29, 1.82) is 0 Å². The van der Waals surface area contributed by atoms with Crippen molar-refractivity contribution in [3.8, 4) is 5.75 Å². The van der Waals surface area contributed by atoms with Crippen LogP contribution in [-0.2, 0) is 0 Å². The number of hydrogen-bond acceptors (Lipinski definition) is 3. The predicted octanol–water partition coefficient (Wildman–Crippen LogP) is 3.07. The van der Waals surface area contributed by atoms with Gasteiger partial charge in [-0.15, -0.1) is 11.3 Å². The van der Waals surface area contributed by atoms with Gasteiger partial charge in [-0.3, -0.25) is 0 Å². The zero-order chi connectivity index (χ0) is 9.10. The van der Waals surface area contributed by atoms with E-state index >= 15 is 0 Å². The lowest BCUT2D eigenvalue weighted by Gasteiger charge is -2.02. The van der Waals surface area contributed by atoms with E-state index in [9.17, 15) is 0 Å². The monoisotopic (exact) mass is 257 g/mol. The van der Waals surface area contributed by atoms with Gasteiger partial charge < -0.3 is 4.74 Å². The van der Waals surface area contributed by atoms with E-state index in [2.05, 4.69) is 20.9 Å². The van der Waals surface area contributed by atoms with E-state index < -0.39 is 0 Å². The number of hydrogen-bond donors (Lipinski definition) is 0. The van der Waals surface area contributed by atoms with Crippen LogP contribution in [0.15, 0.2) is 23.7 Å². The number of aromatic nitrogens is 1. The maximum atomic E-state index is 5.46. The summed E-state index contributed by atoms with van der Waals surface area (Å²) < 4.78 is 6.64. The Morgan fingerprint density at radius 3 is 3.23 bits per heavy atom. The fourth-order valence-corrected chi connectivity index (χ4v) is 1.95. The highest BCUT2D eigenvalue weighted by Gasteiger charge is 1.98. The van der Waals surface area contributed by atoms with Crippen LogP contribution in [0.3, 0.4) is 0 Å². The molecule has 0 saturated carbocycles. The first-order valence-electron chi connectivity index (χ1n) is 3.92. The molecule has 0 fully saturated rings. The van der Waals surface area contributed by atoms with Gasteiger partial charge in [-0.25, -0.2) is 4.98 Å². The molecule has 0 bridgehead atoms. The summed E-state index contributed by atoms with van der Waals surface area (Å²) in [5.41, 5.74) is 2.88. The van der Waals surface area contributed by atoms with Gasteiger partial charge in [0.25, 0.3) is 0 Å². The molecule has 0 unspecified atom stereocenters. The van der Waals surface area contributed by atoms with Gasteiger partial charge in [0.1, 0.15) is 5.75 Å². The second-order valence-corrected chi connectivity index (χ2v) is 4.20. The average molecular weight is 258 g/mol. The molecule has 0 aliphatic heterocycles. The van der Waals surface area contributed by atoms with Crippen molar-refractivity contribution in [3.05, 3.63) is 23.7 Å². The summed E-state index contributed by atoms with van der Waals surface area (Å²) in [5.74, 6) is 0.913. The third-order valence-electron chi connectivity index (χ3n) is 1.65. The second kappa shape index (κ2) is 4.07. The third kappa shape index (κ3) is 2.00. The topological polar surface area (TPSA) is 22.1 Å². The maximum Gasteiger partial charge on any atom is 0.120 e. The first-order chi connectivity index (χ1) is 6.40. The molecule has 2 rings (SSSR count). The van der Waals surface area contributed by atoms with Crippen molar-refractivity contribution in [3.63, 3.8) is 0 Å². The first kappa shape index (κ1) is 8.97. The standard InChI is InChI=1S/C9H8BrNOS/c10-3-4-12-7-1-2-8-9(5-7)13-6-11-8/h1-2,5-6H,3-4H2. The van der Waals surface area contributed by atoms with Gasteiger partial charge in [0.05, 0.1) is 22.3 Å². The van der Waals surface area contributed by atoms with Crippen LogP contribution in [0.25, 0.3) is 10.2 Å². The summed E-state index contributed by atoms with van der Waals surface area (Å²) in [7, 11) is 0. The minimum Gasteiger partial charge on any atom is -0.493 e. The molecule has 68 valence electrons. The minimum atomic E-state index is 0.699. The number of nitrogens with zero attached hydrogens (tertiary/aromatic N) is 1. The van der Waals surface area contributed by atoms with Crippen molar-refractivity contribution in [2.24, 2.45) is 0 Å². The van der Waals surface area contributed by atoms with E-state index in [0.717, 1.165) is 16.6 Å². The van der Waals surface area contributed by atoms with Crippen molar-refractivity contribution in [2.75, 3.05) is 11.9 Å². The predicted molar refractivity (Wildman–Crippen MR) is 58.9 cm³/mol. The molecule has 13 heavy (non-hydrogen) atoms. The smallest absolute Gasteiger partial charge is 0.120 e. The Morgan fingerprint density at radius 1 is 1.46 bits per heavy atom. The number of thiazole rings is 1. The molecular formula is C9H8BrNOS. The summed E-state index contributed by atoms with van der Waals surface area (Å²) in [6.45, 7) is 0.699. The van der Waals surface area contributed by atoms with Crippen LogP contribution < -0.4 is 4.74 Å². The minimum absolute atomic E-state index is 0.699. The maximum absolute atomic E-state index is 5.46. The molecule has 4 heteroatoms. The Balaban J connectivity index is 2.26. The van der Waals surface area contributed by atoms with Crippen LogP contribution in [0, 0.1) is 0 Å². The Kier molecular flexibility index (Phi) is 2.80. The normalized spacial score (nSPS) is 10.5. The summed E-state index contributed by atoms with van der Waals surface area (Å²) in [5, 5.41) is 0.855. The molecule has 0 aliphatic carbocycles. The molecule has 0 atom stereocenters. The van der Waals surface area contributed by atoms with E-state index in [4.69, 9.17) is 4.74 Å². The van der Waals surface area contributed by atoms with E-state index in [1.807, 2.05) is 23.7 Å². The number of benzene rings is 1. The van der Waals surface area contributed by atoms with Gasteiger partial charge in [-0.2, -0.15) is 0 Å². The fraction of sp³-hybridized carbons (Fsp3) is 0.222. The van der Waals surface area contributed by atoms with Crippen LogP contribution in [-0.4, -0.2) is 16.9 Å². The largest absolute Gasteiger partial charge is 0.493 e. The molecule has 1 heterocycles. The lowest BCUT2D eigenvalue weighted by molar-refractivity contribution is 0.345. The lowest BCUT2D eigenvalue weighted by atomic mass is 10.3. The van der Waals surface area contributed by atoms with Crippen LogP contribution in [0.2, 0.25) is 0 Å². The first-order valence-corrected chi connectivity index (χ1v) is 5.92. The van der Waals surface area contributed by atoms with Crippen molar-refractivity contribution < 1.29 is 4.74 Å². The molecular weight excluding hydrogens is 250 g/mol. The molecule has 1 aromatic carbocycles. The van der Waals surface area contributed by atoms with Crippen LogP contribution in [0.4, 0.5) is 0 Å². The van der Waals surface area contributed by atoms with Gasteiger partial charge in [-0.05, 0) is 18.2 Å². The molecule has 0 aliphatic rings. The quantitative estimate of drug-likeness (QED) is 0.789. The zero-order valence-electron chi connectivity index (χ0n) is 6.87. The Labute approximate surface area is 88.7 Å². The summed E-state index contributed by atoms with van der Waals surface area (Å²) in [6, 6.07) is 5.95. The second-order valence-electron chi connectivity index (χ2n) is 2.52. The van der Waals surface area contributed by atoms with Crippen molar-refractivity contribution in [2.45, 2.75) is 0 Å². The average Bonchev–Trinajstić information content (AvgIpc) is 2.61. The van der Waals surface area contributed by atoms with Crippen molar-refractivity contribution in [1.82, 2.24) is 4.98 Å². The highest BCUT2D eigenvalue weighted by molar-refractivity contribution is 9.09. The zero-order valence-corrected chi connectivity index (χ0v) is 9.27. The SMILES string of the molecule is BrCCOc1ccc2ncsc2c1. The molecule has 2 aromatic rings. The number of rotatable bonds is 3. The van der Waals surface area contributed by atoms with Crippen molar-refractivity contribution >= 4 is 37.5 Å². The number of ether oxygens (including phenoxy) is 1. The lowest BCUT2D eigenvalue weighted by Crippen LogP contribution is -1.96. The van der Waals surface area contributed by atoms with Crippen LogP contribution in [0.5, 0.6) is 5.75 Å². The molecule has 0 saturated heterocycles. The number of fused-ring (bicyclic) bond motifs is 1. The van der Waals surface area contributed by atoms with Gasteiger partial charge in [0.2, 0.25) is 0 Å². The van der Waals surface area contributed by atoms with Gasteiger partial charge in [-0.1, -0.05) is 15.9 Å². The van der Waals surface area contributed by atoms with Crippen LogP contribution in [0.1, 0.15) is 0 Å². The fourth-order valence-electron chi connectivity index (χ4n) is 1.08. The third-order valence-corrected chi connectivity index (χ3v) is 2.76. The summed E-state index contributed by atoms with van der Waals surface area (Å²) in [4.78, 5) is 4.19. The Morgan fingerprint density at radius 2 is 2.38 bits per heavy atom. The van der Waals surface area contributed by atoms with E-state index in [-0.39, 0.29) is 0 Å². The van der Waals surface area contributed by atoms with E-state index in [1.54, 1.807) is 11.3 Å². The number of halogens is 1. The highest BCUT2D eigenvalue weighted by atomic mass is 79.9. The summed E-state index contributed by atoms with van der Waals surface area (Å²) in [6.07, 6.45) is 0. The summed E-state index contributed by atoms with van der Waals surface area (Å²) >= 11 is 4.95. The molecule has 0 radical (unpaired) electrons. The van der Waals surface area contributed by atoms with E-state index in [1.165, 1.54) is 4.70 Å². The molecule has 0 amide bonds. The Hall–Kier alpha value is -0.610. The van der Waals surface area contributed by atoms with Crippen LogP contribution >= 0.6 is 27.3 Å². The highest BCUT2D eigenvalue weighted by Crippen LogP contribution is 2.23. The molecule has 0 spiro atoms. The van der Waals surface area contributed by atoms with Gasteiger partial charge >= 0.3 is 0 Å². The molecule has 1 aromatic heterocycles. The number of alkyl halides is 1.